The third-order valence-electron chi connectivity index (χ3n) is 3.43. The molecule has 1 aromatic carbocycles. The van der Waals surface area contributed by atoms with E-state index in [9.17, 15) is 10.5 Å². The lowest BCUT2D eigenvalue weighted by Gasteiger charge is -2.11. The van der Waals surface area contributed by atoms with E-state index >= 15 is 0 Å². The number of aromatic nitrogens is 2. The van der Waals surface area contributed by atoms with E-state index in [4.69, 9.17) is 23.7 Å². The first kappa shape index (κ1) is 15.8. The Morgan fingerprint density at radius 1 is 1.25 bits per heavy atom. The summed E-state index contributed by atoms with van der Waals surface area (Å²) in [6.45, 7) is 0. The van der Waals surface area contributed by atoms with Crippen LogP contribution in [0.3, 0.4) is 0 Å². The smallest absolute Gasteiger partial charge is 0.141 e. The second-order valence-corrected chi connectivity index (χ2v) is 6.41. The summed E-state index contributed by atoms with van der Waals surface area (Å²) >= 11 is 6.29. The van der Waals surface area contributed by atoms with Crippen LogP contribution in [-0.4, -0.2) is 15.0 Å². The van der Waals surface area contributed by atoms with Gasteiger partial charge in [0.15, 0.2) is 0 Å². The minimum atomic E-state index is -0.792. The van der Waals surface area contributed by atoms with E-state index in [1.807, 2.05) is 30.3 Å². The van der Waals surface area contributed by atoms with Crippen molar-refractivity contribution in [1.29, 1.82) is 10.5 Å². The molecule has 0 saturated carbocycles. The van der Waals surface area contributed by atoms with Gasteiger partial charge >= 0.3 is 0 Å². The van der Waals surface area contributed by atoms with Crippen LogP contribution in [0.25, 0.3) is 10.2 Å². The van der Waals surface area contributed by atoms with Crippen molar-refractivity contribution in [3.8, 4) is 12.1 Å². The van der Waals surface area contributed by atoms with E-state index in [1.165, 1.54) is 17.4 Å². The van der Waals surface area contributed by atoms with Gasteiger partial charge < -0.3 is 11.5 Å². The third kappa shape index (κ3) is 2.65. The summed E-state index contributed by atoms with van der Waals surface area (Å²) in [5, 5.41) is 19.6. The van der Waals surface area contributed by atoms with E-state index in [0.29, 0.717) is 10.6 Å². The van der Waals surface area contributed by atoms with E-state index in [0.717, 1.165) is 10.2 Å². The van der Waals surface area contributed by atoms with E-state index < -0.39 is 5.92 Å². The van der Waals surface area contributed by atoms with Crippen LogP contribution in [0.1, 0.15) is 27.7 Å². The third-order valence-corrected chi connectivity index (χ3v) is 4.75. The van der Waals surface area contributed by atoms with E-state index in [2.05, 4.69) is 16.0 Å². The van der Waals surface area contributed by atoms with Crippen LogP contribution in [0.15, 0.2) is 30.3 Å². The Bertz CT molecular complexity index is 1010. The number of nitrogens with two attached hydrogens (primary N) is 2. The summed E-state index contributed by atoms with van der Waals surface area (Å²) in [7, 11) is 0. The molecule has 1 unspecified atom stereocenters. The van der Waals surface area contributed by atoms with Gasteiger partial charge in [-0.05, 0) is 18.2 Å². The summed E-state index contributed by atoms with van der Waals surface area (Å²) in [5.41, 5.74) is 13.1. The number of rotatable bonds is 3. The van der Waals surface area contributed by atoms with Crippen molar-refractivity contribution in [3.63, 3.8) is 0 Å². The van der Waals surface area contributed by atoms with Gasteiger partial charge in [0, 0.05) is 0 Å². The molecule has 0 radical (unpaired) electrons. The van der Waals surface area contributed by atoms with Gasteiger partial charge in [0.2, 0.25) is 0 Å². The number of benzene rings is 1. The van der Waals surface area contributed by atoms with Crippen molar-refractivity contribution >= 4 is 44.6 Å². The van der Waals surface area contributed by atoms with Crippen LogP contribution < -0.4 is 11.5 Å². The van der Waals surface area contributed by atoms with Crippen LogP contribution >= 0.6 is 23.6 Å². The maximum atomic E-state index is 9.62. The number of anilines is 1. The molecule has 116 valence electrons. The molecule has 8 heteroatoms. The Morgan fingerprint density at radius 2 is 2.00 bits per heavy atom. The lowest BCUT2D eigenvalue weighted by Crippen LogP contribution is -2.16. The van der Waals surface area contributed by atoms with Crippen molar-refractivity contribution < 1.29 is 0 Å². The molecule has 0 saturated heterocycles. The molecule has 2 aromatic heterocycles. The number of pyridine rings is 1. The van der Waals surface area contributed by atoms with Gasteiger partial charge in [0.05, 0.1) is 33.1 Å². The molecule has 0 aliphatic heterocycles. The summed E-state index contributed by atoms with van der Waals surface area (Å²) in [6.07, 6.45) is 0. The van der Waals surface area contributed by atoms with Crippen molar-refractivity contribution in [2.45, 2.75) is 5.92 Å². The highest BCUT2D eigenvalue weighted by atomic mass is 32.1. The topological polar surface area (TPSA) is 125 Å². The lowest BCUT2D eigenvalue weighted by molar-refractivity contribution is 0.949. The van der Waals surface area contributed by atoms with Crippen molar-refractivity contribution in [2.24, 2.45) is 5.73 Å². The van der Waals surface area contributed by atoms with E-state index in [1.54, 1.807) is 0 Å². The molecule has 0 aliphatic carbocycles. The number of hydrogen-bond donors (Lipinski definition) is 2. The average Bonchev–Trinajstić information content (AvgIpc) is 2.99. The van der Waals surface area contributed by atoms with Crippen LogP contribution in [0, 0.1) is 22.7 Å². The first-order valence-corrected chi connectivity index (χ1v) is 8.03. The first-order valence-electron chi connectivity index (χ1n) is 6.80. The molecule has 0 spiro atoms. The molecule has 0 amide bonds. The fraction of sp³-hybridized carbons (Fsp3) is 0.0625. The molecule has 1 atom stereocenters. The number of thiocarbonyl (C=S) groups is 1. The number of fused-ring (bicyclic) bond motifs is 1. The molecule has 0 fully saturated rings. The number of nitriles is 2. The maximum Gasteiger partial charge on any atom is 0.141 e. The molecule has 3 aromatic rings. The molecule has 0 bridgehead atoms. The van der Waals surface area contributed by atoms with Crippen LogP contribution in [0.4, 0.5) is 5.82 Å². The quantitative estimate of drug-likeness (QED) is 0.695. The minimum absolute atomic E-state index is 0.0524. The van der Waals surface area contributed by atoms with Crippen LogP contribution in [0.2, 0.25) is 0 Å². The summed E-state index contributed by atoms with van der Waals surface area (Å²) in [4.78, 5) is 8.75. The molecule has 0 aliphatic rings. The first-order chi connectivity index (χ1) is 11.5. The van der Waals surface area contributed by atoms with Crippen molar-refractivity contribution in [2.75, 3.05) is 5.73 Å². The molecule has 3 rings (SSSR count). The average molecular weight is 350 g/mol. The minimum Gasteiger partial charge on any atom is -0.389 e. The molecular weight excluding hydrogens is 340 g/mol. The number of hydrogen-bond acceptors (Lipinski definition) is 7. The number of para-hydroxylation sites is 1. The zero-order valence-electron chi connectivity index (χ0n) is 12.2. The Kier molecular flexibility index (Phi) is 4.09. The fourth-order valence-corrected chi connectivity index (χ4v) is 3.48. The normalized spacial score (nSPS) is 11.6. The van der Waals surface area contributed by atoms with Gasteiger partial charge in [-0.2, -0.15) is 10.5 Å². The van der Waals surface area contributed by atoms with Crippen LogP contribution in [-0.2, 0) is 0 Å². The Balaban J connectivity index is 2.18. The number of thiazole rings is 1. The van der Waals surface area contributed by atoms with E-state index in [-0.39, 0.29) is 22.1 Å². The molecule has 4 N–H and O–H groups in total. The van der Waals surface area contributed by atoms with Gasteiger partial charge in [0.25, 0.3) is 0 Å². The maximum absolute atomic E-state index is 9.62. The zero-order chi connectivity index (χ0) is 17.3. The summed E-state index contributed by atoms with van der Waals surface area (Å²) in [6, 6.07) is 13.2. The predicted octanol–water partition coefficient (Wildman–Crippen LogP) is 2.43. The monoisotopic (exact) mass is 350 g/mol. The standard InChI is InChI=1S/C16H10N6S2/c17-6-8-5-9(15(20)23)14(19)22-13(8)10(7-18)16-21-11-3-1-2-4-12(11)24-16/h1-5,10H,(H2,19,22)(H2,20,23). The van der Waals surface area contributed by atoms with Gasteiger partial charge in [-0.3, -0.25) is 0 Å². The van der Waals surface area contributed by atoms with Gasteiger partial charge in [0.1, 0.15) is 27.8 Å². The molecule has 2 heterocycles. The Hall–Kier alpha value is -3.07. The second kappa shape index (κ2) is 6.20. The van der Waals surface area contributed by atoms with Crippen LogP contribution in [0.5, 0.6) is 0 Å². The highest BCUT2D eigenvalue weighted by Crippen LogP contribution is 2.33. The fourth-order valence-electron chi connectivity index (χ4n) is 2.30. The van der Waals surface area contributed by atoms with Gasteiger partial charge in [-0.15, -0.1) is 11.3 Å². The lowest BCUT2D eigenvalue weighted by atomic mass is 10.0. The highest BCUT2D eigenvalue weighted by Gasteiger charge is 2.24. The Labute approximate surface area is 147 Å². The highest BCUT2D eigenvalue weighted by molar-refractivity contribution is 7.80. The van der Waals surface area contributed by atoms with Crippen molar-refractivity contribution in [1.82, 2.24) is 9.97 Å². The van der Waals surface area contributed by atoms with Gasteiger partial charge in [-0.1, -0.05) is 24.4 Å². The zero-order valence-corrected chi connectivity index (χ0v) is 13.9. The van der Waals surface area contributed by atoms with Crippen molar-refractivity contribution in [3.05, 3.63) is 52.2 Å². The summed E-state index contributed by atoms with van der Waals surface area (Å²) < 4.78 is 0.957. The second-order valence-electron chi connectivity index (χ2n) is 4.91. The molecule has 24 heavy (non-hydrogen) atoms. The number of nitrogen functional groups attached to an aromatic ring is 1. The Morgan fingerprint density at radius 3 is 2.62 bits per heavy atom. The molecular formula is C16H10N6S2. The SMILES string of the molecule is N#Cc1cc(C(N)=S)c(N)nc1C(C#N)c1nc2ccccc2s1. The largest absolute Gasteiger partial charge is 0.389 e. The number of nitrogens with zero attached hydrogens (tertiary/aromatic N) is 4. The predicted molar refractivity (Wildman–Crippen MR) is 96.3 cm³/mol. The molecule has 6 nitrogen and oxygen atoms in total. The summed E-state index contributed by atoms with van der Waals surface area (Å²) in [5.74, 6) is -0.697. The van der Waals surface area contributed by atoms with Gasteiger partial charge in [-0.25, -0.2) is 9.97 Å².